The van der Waals surface area contributed by atoms with Gasteiger partial charge in [0, 0.05) is 51.2 Å². The van der Waals surface area contributed by atoms with Crippen molar-refractivity contribution in [1.82, 2.24) is 19.2 Å². The molecule has 0 aromatic carbocycles. The Labute approximate surface area is 157 Å². The fraction of sp³-hybridized carbons (Fsp3) is 0.778. The van der Waals surface area contributed by atoms with Crippen molar-refractivity contribution >= 4 is 16.0 Å². The van der Waals surface area contributed by atoms with E-state index in [9.17, 15) is 8.42 Å². The van der Waals surface area contributed by atoms with E-state index < -0.39 is 10.0 Å². The van der Waals surface area contributed by atoms with Gasteiger partial charge in [-0.05, 0) is 44.7 Å². The van der Waals surface area contributed by atoms with Crippen molar-refractivity contribution in [3.63, 3.8) is 0 Å². The molecule has 26 heavy (non-hydrogen) atoms. The van der Waals surface area contributed by atoms with Gasteiger partial charge in [-0.15, -0.1) is 0 Å². The molecule has 3 rings (SSSR count). The van der Waals surface area contributed by atoms with Crippen LogP contribution in [-0.4, -0.2) is 73.6 Å². The van der Waals surface area contributed by atoms with Crippen molar-refractivity contribution < 1.29 is 8.42 Å². The van der Waals surface area contributed by atoms with E-state index in [1.807, 2.05) is 31.4 Å². The van der Waals surface area contributed by atoms with Gasteiger partial charge in [-0.25, -0.2) is 18.4 Å². The maximum atomic E-state index is 12.1. The second-order valence-electron chi connectivity index (χ2n) is 7.84. The van der Waals surface area contributed by atoms with Crippen molar-refractivity contribution in [3.8, 4) is 0 Å². The summed E-state index contributed by atoms with van der Waals surface area (Å²) in [4.78, 5) is 13.1. The molecule has 0 bridgehead atoms. The van der Waals surface area contributed by atoms with Crippen LogP contribution in [0.15, 0.2) is 12.4 Å². The predicted molar refractivity (Wildman–Crippen MR) is 104 cm³/mol. The van der Waals surface area contributed by atoms with Crippen LogP contribution in [0.4, 0.5) is 5.95 Å². The van der Waals surface area contributed by atoms with Crippen molar-refractivity contribution in [2.24, 2.45) is 5.92 Å². The Morgan fingerprint density at radius 2 is 1.73 bits per heavy atom. The van der Waals surface area contributed by atoms with E-state index in [2.05, 4.69) is 14.9 Å². The Morgan fingerprint density at radius 1 is 1.08 bits per heavy atom. The topological polar surface area (TPSA) is 69.6 Å². The first-order chi connectivity index (χ1) is 12.3. The van der Waals surface area contributed by atoms with E-state index in [0.717, 1.165) is 63.3 Å². The number of aromatic nitrogens is 2. The first-order valence-electron chi connectivity index (χ1n) is 9.52. The van der Waals surface area contributed by atoms with Crippen LogP contribution in [0.1, 0.15) is 37.7 Å². The molecular formula is C18H31N5O2S. The summed E-state index contributed by atoms with van der Waals surface area (Å²) < 4.78 is 26.0. The first kappa shape index (κ1) is 19.5. The van der Waals surface area contributed by atoms with Crippen molar-refractivity contribution in [3.05, 3.63) is 18.0 Å². The van der Waals surface area contributed by atoms with Gasteiger partial charge in [0.2, 0.25) is 16.0 Å². The molecule has 146 valence electrons. The Hall–Kier alpha value is -1.25. The van der Waals surface area contributed by atoms with E-state index >= 15 is 0 Å². The molecule has 7 nitrogen and oxygen atoms in total. The summed E-state index contributed by atoms with van der Waals surface area (Å²) in [5.74, 6) is 1.21. The van der Waals surface area contributed by atoms with Crippen LogP contribution in [0, 0.1) is 5.92 Å². The second-order valence-corrected chi connectivity index (χ2v) is 9.77. The number of piperidine rings is 2. The summed E-state index contributed by atoms with van der Waals surface area (Å²) in [7, 11) is 0.772. The van der Waals surface area contributed by atoms with Crippen LogP contribution in [0.5, 0.6) is 0 Å². The summed E-state index contributed by atoms with van der Waals surface area (Å²) in [6.07, 6.45) is 10.4. The van der Waals surface area contributed by atoms with Gasteiger partial charge in [0.1, 0.15) is 0 Å². The average molecular weight is 382 g/mol. The van der Waals surface area contributed by atoms with Gasteiger partial charge in [-0.2, -0.15) is 4.31 Å². The lowest BCUT2D eigenvalue weighted by molar-refractivity contribution is 0.106. The van der Waals surface area contributed by atoms with Gasteiger partial charge < -0.3 is 4.90 Å². The van der Waals surface area contributed by atoms with E-state index in [-0.39, 0.29) is 6.04 Å². The quantitative estimate of drug-likeness (QED) is 0.771. The van der Waals surface area contributed by atoms with Crippen LogP contribution in [0.3, 0.4) is 0 Å². The number of hydrogen-bond donors (Lipinski definition) is 0. The molecule has 0 aliphatic carbocycles. The Balaban J connectivity index is 1.55. The minimum absolute atomic E-state index is 0.198. The van der Waals surface area contributed by atoms with Gasteiger partial charge in [-0.3, -0.25) is 4.90 Å². The number of rotatable bonds is 5. The van der Waals surface area contributed by atoms with E-state index in [1.165, 1.54) is 6.26 Å². The standard InChI is InChI=1S/C18H31N5O2S/c1-21(2)18-19-12-15(13-20-18)14-22-10-7-16(8-11-22)17-6-4-5-9-23(17)26(3,24)25/h12-13,16-17H,4-11,14H2,1-3H3/t17-/m0/s1. The third-order valence-electron chi connectivity index (χ3n) is 5.60. The lowest BCUT2D eigenvalue weighted by Gasteiger charge is -2.42. The van der Waals surface area contributed by atoms with Crippen LogP contribution < -0.4 is 4.90 Å². The monoisotopic (exact) mass is 381 g/mol. The van der Waals surface area contributed by atoms with Gasteiger partial charge in [0.15, 0.2) is 0 Å². The van der Waals surface area contributed by atoms with Crippen LogP contribution >= 0.6 is 0 Å². The first-order valence-corrected chi connectivity index (χ1v) is 11.4. The number of hydrogen-bond acceptors (Lipinski definition) is 6. The number of likely N-dealkylation sites (tertiary alicyclic amines) is 1. The maximum absolute atomic E-state index is 12.1. The number of nitrogens with zero attached hydrogens (tertiary/aromatic N) is 5. The summed E-state index contributed by atoms with van der Waals surface area (Å²) in [6, 6.07) is 0.198. The molecule has 3 heterocycles. The molecule has 2 saturated heterocycles. The van der Waals surface area contributed by atoms with Gasteiger partial charge in [0.25, 0.3) is 0 Å². The molecule has 1 aromatic heterocycles. The van der Waals surface area contributed by atoms with Gasteiger partial charge >= 0.3 is 0 Å². The highest BCUT2D eigenvalue weighted by Crippen LogP contribution is 2.32. The van der Waals surface area contributed by atoms with Crippen molar-refractivity contribution in [2.75, 3.05) is 44.9 Å². The highest BCUT2D eigenvalue weighted by atomic mass is 32.2. The van der Waals surface area contributed by atoms with E-state index in [4.69, 9.17) is 0 Å². The average Bonchev–Trinajstić information content (AvgIpc) is 2.62. The van der Waals surface area contributed by atoms with Crippen LogP contribution in [-0.2, 0) is 16.6 Å². The zero-order valence-electron chi connectivity index (χ0n) is 16.1. The van der Waals surface area contributed by atoms with Crippen LogP contribution in [0.25, 0.3) is 0 Å². The molecule has 2 aliphatic rings. The second kappa shape index (κ2) is 8.19. The normalized spacial score (nSPS) is 23.9. The van der Waals surface area contributed by atoms with Gasteiger partial charge in [0.05, 0.1) is 6.26 Å². The lowest BCUT2D eigenvalue weighted by atomic mass is 9.85. The summed E-state index contributed by atoms with van der Waals surface area (Å²) >= 11 is 0. The zero-order chi connectivity index (χ0) is 18.7. The molecule has 1 aromatic rings. The molecule has 8 heteroatoms. The SMILES string of the molecule is CN(C)c1ncc(CN2CCC([C@@H]3CCCCN3S(C)(=O)=O)CC2)cn1. The van der Waals surface area contributed by atoms with Crippen molar-refractivity contribution in [2.45, 2.75) is 44.7 Å². The predicted octanol–water partition coefficient (Wildman–Crippen LogP) is 1.57. The number of anilines is 1. The Morgan fingerprint density at radius 3 is 2.31 bits per heavy atom. The zero-order valence-corrected chi connectivity index (χ0v) is 17.0. The van der Waals surface area contributed by atoms with E-state index in [0.29, 0.717) is 12.5 Å². The Bertz CT molecular complexity index is 684. The fourth-order valence-corrected chi connectivity index (χ4v) is 5.46. The molecule has 1 atom stereocenters. The number of sulfonamides is 1. The largest absolute Gasteiger partial charge is 0.347 e. The van der Waals surface area contributed by atoms with E-state index in [1.54, 1.807) is 4.31 Å². The molecular weight excluding hydrogens is 350 g/mol. The molecule has 2 aliphatic heterocycles. The molecule has 0 N–H and O–H groups in total. The molecule has 0 radical (unpaired) electrons. The lowest BCUT2D eigenvalue weighted by Crippen LogP contribution is -2.49. The smallest absolute Gasteiger partial charge is 0.224 e. The molecule has 0 unspecified atom stereocenters. The molecule has 0 spiro atoms. The third-order valence-corrected chi connectivity index (χ3v) is 6.90. The summed E-state index contributed by atoms with van der Waals surface area (Å²) in [5.41, 5.74) is 1.13. The maximum Gasteiger partial charge on any atom is 0.224 e. The summed E-state index contributed by atoms with van der Waals surface area (Å²) in [5, 5.41) is 0. The molecule has 0 saturated carbocycles. The minimum atomic E-state index is -3.10. The van der Waals surface area contributed by atoms with Crippen LogP contribution in [0.2, 0.25) is 0 Å². The minimum Gasteiger partial charge on any atom is -0.347 e. The Kier molecular flexibility index (Phi) is 6.14. The third kappa shape index (κ3) is 4.72. The van der Waals surface area contributed by atoms with Crippen molar-refractivity contribution in [1.29, 1.82) is 0 Å². The highest BCUT2D eigenvalue weighted by molar-refractivity contribution is 7.88. The van der Waals surface area contributed by atoms with Gasteiger partial charge in [-0.1, -0.05) is 6.42 Å². The molecule has 2 fully saturated rings. The molecule has 0 amide bonds. The highest BCUT2D eigenvalue weighted by Gasteiger charge is 2.36. The fourth-order valence-electron chi connectivity index (χ4n) is 4.23. The summed E-state index contributed by atoms with van der Waals surface area (Å²) in [6.45, 7) is 3.57.